The van der Waals surface area contributed by atoms with Crippen LogP contribution in [-0.2, 0) is 12.8 Å². The first-order valence-electron chi connectivity index (χ1n) is 7.28. The van der Waals surface area contributed by atoms with Gasteiger partial charge in [0.2, 0.25) is 0 Å². The number of hydrogen-bond donors (Lipinski definition) is 1. The third kappa shape index (κ3) is 3.88. The van der Waals surface area contributed by atoms with E-state index in [9.17, 15) is 18.0 Å². The Kier molecular flexibility index (Phi) is 4.88. The number of carbonyl (C=O) groups is 1. The number of H-pyrrole nitrogens is 1. The summed E-state index contributed by atoms with van der Waals surface area (Å²) in [5, 5.41) is 0.599. The van der Waals surface area contributed by atoms with Gasteiger partial charge in [-0.15, -0.1) is 0 Å². The lowest BCUT2D eigenvalue weighted by Gasteiger charge is -2.07. The maximum atomic E-state index is 13.0. The fourth-order valence-electron chi connectivity index (χ4n) is 2.64. The summed E-state index contributed by atoms with van der Waals surface area (Å²) in [5.41, 5.74) is 1.23. The third-order valence-corrected chi connectivity index (χ3v) is 4.49. The summed E-state index contributed by atoms with van der Waals surface area (Å²) in [7, 11) is 0. The van der Waals surface area contributed by atoms with E-state index in [1.54, 1.807) is 30.5 Å². The number of ketones is 1. The van der Waals surface area contributed by atoms with Gasteiger partial charge in [-0.2, -0.15) is 13.2 Å². The number of aryl methyl sites for hydroxylation is 2. The van der Waals surface area contributed by atoms with Crippen LogP contribution >= 0.6 is 27.5 Å². The second kappa shape index (κ2) is 6.80. The van der Waals surface area contributed by atoms with Crippen LogP contribution in [0.2, 0.25) is 5.15 Å². The van der Waals surface area contributed by atoms with E-state index < -0.39 is 12.0 Å². The number of Topliss-reactive ketones (excluding diaryl/α,β-unsaturated/α-hetero) is 1. The highest BCUT2D eigenvalue weighted by atomic mass is 79.9. The number of benzene rings is 1. The SMILES string of the molecule is O=C(c1c(CCc2ccc(Cl)nc2)[nH]c2cc(Br)ccc12)C(F)(F)F. The number of hydrogen-bond acceptors (Lipinski definition) is 2. The lowest BCUT2D eigenvalue weighted by atomic mass is 10.0. The second-order valence-electron chi connectivity index (χ2n) is 5.48. The molecule has 0 saturated carbocycles. The maximum Gasteiger partial charge on any atom is 0.454 e. The van der Waals surface area contributed by atoms with E-state index in [1.165, 1.54) is 6.07 Å². The highest BCUT2D eigenvalue weighted by molar-refractivity contribution is 9.10. The Hall–Kier alpha value is -1.86. The monoisotopic (exact) mass is 430 g/mol. The summed E-state index contributed by atoms with van der Waals surface area (Å²) in [6.45, 7) is 0. The van der Waals surface area contributed by atoms with Gasteiger partial charge in [0.15, 0.2) is 0 Å². The van der Waals surface area contributed by atoms with Crippen molar-refractivity contribution in [3.63, 3.8) is 0 Å². The van der Waals surface area contributed by atoms with Gasteiger partial charge in [-0.3, -0.25) is 4.79 Å². The molecular formula is C17H11BrClF3N2O. The van der Waals surface area contributed by atoms with Crippen molar-refractivity contribution in [2.75, 3.05) is 0 Å². The zero-order valence-corrected chi connectivity index (χ0v) is 15.0. The number of pyridine rings is 1. The first kappa shape index (κ1) is 17.9. The minimum absolute atomic E-state index is 0.243. The van der Waals surface area contributed by atoms with Crippen molar-refractivity contribution >= 4 is 44.2 Å². The van der Waals surface area contributed by atoms with E-state index in [1.807, 2.05) is 0 Å². The normalized spacial score (nSPS) is 11.9. The van der Waals surface area contributed by atoms with Gasteiger partial charge in [-0.1, -0.05) is 39.7 Å². The number of rotatable bonds is 4. The van der Waals surface area contributed by atoms with Gasteiger partial charge in [0.05, 0.1) is 5.56 Å². The quantitative estimate of drug-likeness (QED) is 0.437. The Morgan fingerprint density at radius 2 is 1.96 bits per heavy atom. The zero-order chi connectivity index (χ0) is 18.2. The predicted octanol–water partition coefficient (Wildman–Crippen LogP) is 5.51. The molecule has 130 valence electrons. The summed E-state index contributed by atoms with van der Waals surface area (Å²) in [5.74, 6) is -1.84. The number of aromatic amines is 1. The maximum absolute atomic E-state index is 13.0. The molecule has 0 aliphatic heterocycles. The number of halogens is 5. The standard InChI is InChI=1S/C17H11BrClF3N2O/c18-10-3-4-11-13(7-10)24-12(15(11)16(25)17(20,21)22)5-1-9-2-6-14(19)23-8-9/h2-4,6-8,24H,1,5H2. The molecule has 2 heterocycles. The molecule has 0 spiro atoms. The van der Waals surface area contributed by atoms with Gasteiger partial charge >= 0.3 is 6.18 Å². The van der Waals surface area contributed by atoms with Crippen molar-refractivity contribution in [3.8, 4) is 0 Å². The van der Waals surface area contributed by atoms with E-state index in [2.05, 4.69) is 25.9 Å². The van der Waals surface area contributed by atoms with Crippen molar-refractivity contribution in [1.29, 1.82) is 0 Å². The van der Waals surface area contributed by atoms with E-state index in [0.29, 0.717) is 21.6 Å². The van der Waals surface area contributed by atoms with Crippen molar-refractivity contribution in [2.45, 2.75) is 19.0 Å². The van der Waals surface area contributed by atoms with Crippen molar-refractivity contribution in [3.05, 3.63) is 63.0 Å². The van der Waals surface area contributed by atoms with Gasteiger partial charge in [-0.25, -0.2) is 4.98 Å². The fourth-order valence-corrected chi connectivity index (χ4v) is 3.11. The molecule has 0 saturated heterocycles. The van der Waals surface area contributed by atoms with E-state index in [-0.39, 0.29) is 23.1 Å². The van der Waals surface area contributed by atoms with Crippen LogP contribution in [0.5, 0.6) is 0 Å². The lowest BCUT2D eigenvalue weighted by Crippen LogP contribution is -2.23. The van der Waals surface area contributed by atoms with Crippen LogP contribution in [0.4, 0.5) is 13.2 Å². The average Bonchev–Trinajstić information content (AvgIpc) is 2.89. The molecule has 0 aliphatic carbocycles. The molecule has 0 radical (unpaired) electrons. The Bertz CT molecular complexity index is 935. The van der Waals surface area contributed by atoms with E-state index >= 15 is 0 Å². The molecule has 1 N–H and O–H groups in total. The molecule has 1 aromatic carbocycles. The molecule has 0 amide bonds. The minimum atomic E-state index is -4.93. The number of aromatic nitrogens is 2. The predicted molar refractivity (Wildman–Crippen MR) is 93.0 cm³/mol. The minimum Gasteiger partial charge on any atom is -0.358 e. The highest BCUT2D eigenvalue weighted by Gasteiger charge is 2.41. The zero-order valence-electron chi connectivity index (χ0n) is 12.6. The van der Waals surface area contributed by atoms with Crippen molar-refractivity contribution in [2.24, 2.45) is 0 Å². The largest absolute Gasteiger partial charge is 0.454 e. The number of nitrogens with one attached hydrogen (secondary N) is 1. The summed E-state index contributed by atoms with van der Waals surface area (Å²) < 4.78 is 39.7. The smallest absolute Gasteiger partial charge is 0.358 e. The molecule has 3 nitrogen and oxygen atoms in total. The number of carbonyl (C=O) groups excluding carboxylic acids is 1. The van der Waals surface area contributed by atoms with Crippen LogP contribution in [0.25, 0.3) is 10.9 Å². The average molecular weight is 432 g/mol. The molecule has 3 rings (SSSR count). The van der Waals surface area contributed by atoms with Crippen LogP contribution in [0.15, 0.2) is 41.0 Å². The van der Waals surface area contributed by atoms with Crippen LogP contribution < -0.4 is 0 Å². The molecule has 25 heavy (non-hydrogen) atoms. The molecule has 0 aliphatic rings. The molecular weight excluding hydrogens is 421 g/mol. The molecule has 2 aromatic heterocycles. The van der Waals surface area contributed by atoms with Crippen molar-refractivity contribution in [1.82, 2.24) is 9.97 Å². The Morgan fingerprint density at radius 1 is 1.20 bits per heavy atom. The van der Waals surface area contributed by atoms with E-state index in [0.717, 1.165) is 5.56 Å². The molecule has 0 bridgehead atoms. The Balaban J connectivity index is 2.00. The number of nitrogens with zero attached hydrogens (tertiary/aromatic N) is 1. The third-order valence-electron chi connectivity index (χ3n) is 3.78. The summed E-state index contributed by atoms with van der Waals surface area (Å²) in [4.78, 5) is 18.8. The topological polar surface area (TPSA) is 45.8 Å². The van der Waals surface area contributed by atoms with Gasteiger partial charge in [0, 0.05) is 27.3 Å². The van der Waals surface area contributed by atoms with Crippen LogP contribution in [0, 0.1) is 0 Å². The van der Waals surface area contributed by atoms with Crippen LogP contribution in [0.3, 0.4) is 0 Å². The van der Waals surface area contributed by atoms with Gasteiger partial charge < -0.3 is 4.98 Å². The Labute approximate surface area is 154 Å². The molecule has 0 atom stereocenters. The number of fused-ring (bicyclic) bond motifs is 1. The highest BCUT2D eigenvalue weighted by Crippen LogP contribution is 2.31. The van der Waals surface area contributed by atoms with Gasteiger partial charge in [0.25, 0.3) is 5.78 Å². The molecule has 3 aromatic rings. The first-order chi connectivity index (χ1) is 11.8. The summed E-state index contributed by atoms with van der Waals surface area (Å²) >= 11 is 9.00. The Morgan fingerprint density at radius 3 is 2.60 bits per heavy atom. The fraction of sp³-hybridized carbons (Fsp3) is 0.176. The molecule has 0 fully saturated rings. The first-order valence-corrected chi connectivity index (χ1v) is 8.45. The summed E-state index contributed by atoms with van der Waals surface area (Å²) in [6.07, 6.45) is -2.70. The number of alkyl halides is 3. The lowest BCUT2D eigenvalue weighted by molar-refractivity contribution is -0.0884. The van der Waals surface area contributed by atoms with Gasteiger partial charge in [0.1, 0.15) is 5.15 Å². The van der Waals surface area contributed by atoms with Gasteiger partial charge in [-0.05, 0) is 36.6 Å². The molecule has 8 heteroatoms. The second-order valence-corrected chi connectivity index (χ2v) is 6.79. The summed E-state index contributed by atoms with van der Waals surface area (Å²) in [6, 6.07) is 8.12. The van der Waals surface area contributed by atoms with Crippen LogP contribution in [0.1, 0.15) is 21.6 Å². The molecule has 0 unspecified atom stereocenters. The van der Waals surface area contributed by atoms with Crippen LogP contribution in [-0.4, -0.2) is 21.9 Å². The van der Waals surface area contributed by atoms with Crippen molar-refractivity contribution < 1.29 is 18.0 Å². The van der Waals surface area contributed by atoms with E-state index in [4.69, 9.17) is 11.6 Å².